The van der Waals surface area contributed by atoms with Gasteiger partial charge in [0.05, 0.1) is 22.5 Å². The Kier molecular flexibility index (Phi) is 10.4. The van der Waals surface area contributed by atoms with Gasteiger partial charge in [-0.2, -0.15) is 13.2 Å². The highest BCUT2D eigenvalue weighted by atomic mass is 35.5. The summed E-state index contributed by atoms with van der Waals surface area (Å²) < 4.78 is 80.2. The third-order valence-electron chi connectivity index (χ3n) is 6.11. The highest BCUT2D eigenvalue weighted by Crippen LogP contribution is 2.37. The van der Waals surface area contributed by atoms with E-state index in [4.69, 9.17) is 11.6 Å². The molecule has 0 fully saturated rings. The third-order valence-corrected chi connectivity index (χ3v) is 7.58. The summed E-state index contributed by atoms with van der Waals surface area (Å²) >= 11 is 5.71. The fourth-order valence-electron chi connectivity index (χ4n) is 4.13. The summed E-state index contributed by atoms with van der Waals surface area (Å²) in [7, 11) is -4.29. The maximum Gasteiger partial charge on any atom is 0.417 e. The van der Waals surface area contributed by atoms with Gasteiger partial charge in [0.25, 0.3) is 0 Å². The van der Waals surface area contributed by atoms with Crippen LogP contribution in [0.2, 0.25) is 5.02 Å². The van der Waals surface area contributed by atoms with Crippen LogP contribution < -0.4 is 9.62 Å². The van der Waals surface area contributed by atoms with Crippen LogP contribution in [0.4, 0.5) is 23.2 Å². The molecule has 0 aromatic heterocycles. The van der Waals surface area contributed by atoms with E-state index in [-0.39, 0.29) is 19.5 Å². The molecule has 3 aromatic rings. The molecule has 13 heteroatoms. The summed E-state index contributed by atoms with van der Waals surface area (Å²) in [6.45, 7) is 0.806. The molecule has 3 aromatic carbocycles. The van der Waals surface area contributed by atoms with E-state index in [2.05, 4.69) is 5.32 Å². The van der Waals surface area contributed by atoms with Gasteiger partial charge in [0.1, 0.15) is 18.4 Å². The molecule has 0 aliphatic heterocycles. The van der Waals surface area contributed by atoms with Crippen LogP contribution in [0.5, 0.6) is 0 Å². The molecule has 41 heavy (non-hydrogen) atoms. The molecule has 0 unspecified atom stereocenters. The first-order chi connectivity index (χ1) is 19.2. The van der Waals surface area contributed by atoms with Crippen LogP contribution in [0, 0.1) is 5.82 Å². The van der Waals surface area contributed by atoms with Crippen LogP contribution in [0.3, 0.4) is 0 Å². The van der Waals surface area contributed by atoms with Gasteiger partial charge in [0.15, 0.2) is 0 Å². The highest BCUT2D eigenvalue weighted by Gasteiger charge is 2.36. The van der Waals surface area contributed by atoms with Crippen LogP contribution in [-0.4, -0.2) is 50.5 Å². The Balaban J connectivity index is 2.08. The van der Waals surface area contributed by atoms with Crippen molar-refractivity contribution < 1.29 is 35.6 Å². The molecule has 1 atom stereocenters. The predicted octanol–water partition coefficient (Wildman–Crippen LogP) is 5.04. The number of carbonyl (C=O) groups is 2. The normalized spacial score (nSPS) is 12.5. The van der Waals surface area contributed by atoms with Crippen LogP contribution in [-0.2, 0) is 38.8 Å². The molecule has 0 bridgehead atoms. The summed E-state index contributed by atoms with van der Waals surface area (Å²) in [6, 6.07) is 15.3. The monoisotopic (exact) mass is 613 g/mol. The first-order valence-electron chi connectivity index (χ1n) is 12.4. The smallest absolute Gasteiger partial charge is 0.355 e. The van der Waals surface area contributed by atoms with Crippen LogP contribution in [0.25, 0.3) is 0 Å². The van der Waals surface area contributed by atoms with E-state index >= 15 is 0 Å². The van der Waals surface area contributed by atoms with E-state index in [0.29, 0.717) is 21.5 Å². The second kappa shape index (κ2) is 13.3. The van der Waals surface area contributed by atoms with Crippen LogP contribution in [0.1, 0.15) is 23.6 Å². The Morgan fingerprint density at radius 2 is 1.61 bits per heavy atom. The SMILES string of the molecule is CCNC(=O)[C@H](Cc1ccccc1)N(Cc1ccc(F)cc1)C(=O)CN(c1ccc(Cl)c(C(F)(F)F)c1)S(C)(=O)=O. The molecular formula is C28H28ClF4N3O4S. The number of benzene rings is 3. The number of amides is 2. The summed E-state index contributed by atoms with van der Waals surface area (Å²) in [5.74, 6) is -1.92. The molecule has 0 spiro atoms. The van der Waals surface area contributed by atoms with Gasteiger partial charge in [-0.3, -0.25) is 13.9 Å². The zero-order valence-electron chi connectivity index (χ0n) is 22.2. The van der Waals surface area contributed by atoms with Crippen molar-refractivity contribution in [3.8, 4) is 0 Å². The van der Waals surface area contributed by atoms with E-state index < -0.39 is 62.7 Å². The van der Waals surface area contributed by atoms with Gasteiger partial charge in [-0.15, -0.1) is 0 Å². The maximum atomic E-state index is 13.9. The minimum Gasteiger partial charge on any atom is -0.355 e. The van der Waals surface area contributed by atoms with Crippen molar-refractivity contribution in [2.75, 3.05) is 23.7 Å². The minimum atomic E-state index is -4.88. The molecule has 0 aliphatic rings. The molecule has 0 aliphatic carbocycles. The van der Waals surface area contributed by atoms with Gasteiger partial charge in [-0.25, -0.2) is 12.8 Å². The van der Waals surface area contributed by atoms with E-state index in [0.717, 1.165) is 23.3 Å². The van der Waals surface area contributed by atoms with Crippen LogP contribution in [0.15, 0.2) is 72.8 Å². The van der Waals surface area contributed by atoms with E-state index in [1.165, 1.54) is 24.3 Å². The van der Waals surface area contributed by atoms with Crippen LogP contribution >= 0.6 is 11.6 Å². The molecule has 7 nitrogen and oxygen atoms in total. The molecule has 0 heterocycles. The Labute approximate surface area is 240 Å². The number of likely N-dealkylation sites (N-methyl/N-ethyl adjacent to an activating group) is 1. The maximum absolute atomic E-state index is 13.9. The van der Waals surface area contributed by atoms with E-state index in [9.17, 15) is 35.6 Å². The lowest BCUT2D eigenvalue weighted by Gasteiger charge is -2.33. The second-order valence-corrected chi connectivity index (χ2v) is 11.5. The van der Waals surface area contributed by atoms with Gasteiger partial charge in [0, 0.05) is 19.5 Å². The summed E-state index contributed by atoms with van der Waals surface area (Å²) in [5.41, 5.74) is -0.561. The lowest BCUT2D eigenvalue weighted by molar-refractivity contribution is -0.140. The number of nitrogens with one attached hydrogen (secondary N) is 1. The summed E-state index contributed by atoms with van der Waals surface area (Å²) in [6.07, 6.45) is -4.08. The number of hydrogen-bond donors (Lipinski definition) is 1. The van der Waals surface area contributed by atoms with Crippen molar-refractivity contribution >= 4 is 39.1 Å². The molecule has 3 rings (SSSR count). The molecule has 0 saturated heterocycles. The first kappa shape index (κ1) is 31.9. The van der Waals surface area contributed by atoms with Gasteiger partial charge in [-0.05, 0) is 48.4 Å². The van der Waals surface area contributed by atoms with Crippen molar-refractivity contribution in [2.24, 2.45) is 0 Å². The molecule has 0 radical (unpaired) electrons. The number of sulfonamides is 1. The average Bonchev–Trinajstić information content (AvgIpc) is 2.90. The van der Waals surface area contributed by atoms with E-state index in [1.807, 2.05) is 0 Å². The first-order valence-corrected chi connectivity index (χ1v) is 14.6. The predicted molar refractivity (Wildman–Crippen MR) is 148 cm³/mol. The fraction of sp³-hybridized carbons (Fsp3) is 0.286. The number of nitrogens with zero attached hydrogens (tertiary/aromatic N) is 2. The number of halogens is 5. The molecule has 220 valence electrons. The topological polar surface area (TPSA) is 86.8 Å². The number of carbonyl (C=O) groups excluding carboxylic acids is 2. The van der Waals surface area contributed by atoms with Gasteiger partial charge in [-0.1, -0.05) is 54.1 Å². The Morgan fingerprint density at radius 1 is 0.976 bits per heavy atom. The molecule has 2 amide bonds. The zero-order chi connectivity index (χ0) is 30.4. The Morgan fingerprint density at radius 3 is 2.17 bits per heavy atom. The summed E-state index contributed by atoms with van der Waals surface area (Å²) in [4.78, 5) is 28.2. The number of anilines is 1. The molecule has 1 N–H and O–H groups in total. The number of hydrogen-bond acceptors (Lipinski definition) is 4. The summed E-state index contributed by atoms with van der Waals surface area (Å²) in [5, 5.41) is 2.04. The van der Waals surface area contributed by atoms with Crippen molar-refractivity contribution in [1.82, 2.24) is 10.2 Å². The lowest BCUT2D eigenvalue weighted by Crippen LogP contribution is -2.53. The van der Waals surface area contributed by atoms with Gasteiger partial charge < -0.3 is 10.2 Å². The Hall–Kier alpha value is -3.64. The van der Waals surface area contributed by atoms with Gasteiger partial charge >= 0.3 is 6.18 Å². The highest BCUT2D eigenvalue weighted by molar-refractivity contribution is 7.92. The van der Waals surface area contributed by atoms with Crippen molar-refractivity contribution in [2.45, 2.75) is 32.1 Å². The largest absolute Gasteiger partial charge is 0.417 e. The third kappa shape index (κ3) is 8.67. The molecular weight excluding hydrogens is 586 g/mol. The number of alkyl halides is 3. The minimum absolute atomic E-state index is 0.0532. The Bertz CT molecular complexity index is 1470. The van der Waals surface area contributed by atoms with Crippen molar-refractivity contribution in [1.29, 1.82) is 0 Å². The zero-order valence-corrected chi connectivity index (χ0v) is 23.7. The fourth-order valence-corrected chi connectivity index (χ4v) is 5.20. The van der Waals surface area contributed by atoms with Gasteiger partial charge in [0.2, 0.25) is 21.8 Å². The average molecular weight is 614 g/mol. The molecule has 0 saturated carbocycles. The quantitative estimate of drug-likeness (QED) is 0.307. The van der Waals surface area contributed by atoms with Crippen molar-refractivity contribution in [3.05, 3.63) is 100 Å². The number of rotatable bonds is 11. The standard InChI is InChI=1S/C28H28ClF4N3O4S/c1-3-34-27(38)25(15-19-7-5-4-6-8-19)35(17-20-9-11-21(30)12-10-20)26(37)18-36(41(2,39)40)22-13-14-24(29)23(16-22)28(31,32)33/h4-14,16,25H,3,15,17-18H2,1-2H3,(H,34,38)/t25-/m0/s1. The van der Waals surface area contributed by atoms with Crippen molar-refractivity contribution in [3.63, 3.8) is 0 Å². The lowest BCUT2D eigenvalue weighted by atomic mass is 10.0. The van der Waals surface area contributed by atoms with E-state index in [1.54, 1.807) is 37.3 Å². The second-order valence-electron chi connectivity index (χ2n) is 9.18.